The van der Waals surface area contributed by atoms with Gasteiger partial charge in [-0.15, -0.1) is 0 Å². The minimum atomic E-state index is -0.305. The molecule has 16 heavy (non-hydrogen) atoms. The minimum Gasteiger partial charge on any atom is -0.409 e. The van der Waals surface area contributed by atoms with Gasteiger partial charge in [0, 0.05) is 12.7 Å². The lowest BCUT2D eigenvalue weighted by molar-refractivity contribution is -0.119. The first-order valence-electron chi connectivity index (χ1n) is 4.54. The van der Waals surface area contributed by atoms with Crippen molar-refractivity contribution < 1.29 is 14.7 Å². The molecule has 0 unspecified atom stereocenters. The molecule has 86 valence electrons. The first kappa shape index (κ1) is 12.0. The Morgan fingerprint density at radius 1 is 1.56 bits per heavy atom. The second-order valence-electron chi connectivity index (χ2n) is 3.01. The summed E-state index contributed by atoms with van der Waals surface area (Å²) in [7, 11) is 1.43. The first-order chi connectivity index (χ1) is 7.69. The van der Waals surface area contributed by atoms with Crippen molar-refractivity contribution in [1.82, 2.24) is 0 Å². The predicted octanol–water partition coefficient (Wildman–Crippen LogP) is 0.366. The molecule has 1 rings (SSSR count). The largest absolute Gasteiger partial charge is 0.409 e. The van der Waals surface area contributed by atoms with Crippen LogP contribution in [0, 0.1) is 0 Å². The summed E-state index contributed by atoms with van der Waals surface area (Å²) in [6, 6.07) is 6.74. The highest BCUT2D eigenvalue weighted by Crippen LogP contribution is 2.14. The third kappa shape index (κ3) is 2.96. The fraction of sp³-hybridized carbons (Fsp3) is 0.200. The highest BCUT2D eigenvalue weighted by molar-refractivity contribution is 6.05. The van der Waals surface area contributed by atoms with Gasteiger partial charge < -0.3 is 21.0 Å². The number of carbonyl (C=O) groups excluding carboxylic acids is 1. The molecule has 1 aromatic carbocycles. The zero-order valence-corrected chi connectivity index (χ0v) is 8.80. The average molecular weight is 223 g/mol. The molecule has 0 radical (unpaired) electrons. The summed E-state index contributed by atoms with van der Waals surface area (Å²) in [6.45, 7) is -0.0511. The zero-order valence-electron chi connectivity index (χ0n) is 8.80. The van der Waals surface area contributed by atoms with Gasteiger partial charge in [-0.2, -0.15) is 0 Å². The normalized spacial score (nSPS) is 11.2. The van der Waals surface area contributed by atoms with E-state index in [2.05, 4.69) is 15.2 Å². The molecule has 0 atom stereocenters. The van der Waals surface area contributed by atoms with Gasteiger partial charge in [0.15, 0.2) is 5.84 Å². The van der Waals surface area contributed by atoms with Gasteiger partial charge in [-0.05, 0) is 12.1 Å². The number of ether oxygens (including phenoxy) is 1. The second kappa shape index (κ2) is 5.72. The number of para-hydroxylation sites is 1. The third-order valence-electron chi connectivity index (χ3n) is 1.86. The summed E-state index contributed by atoms with van der Waals surface area (Å²) < 4.78 is 4.68. The molecular formula is C10H13N3O3. The molecule has 0 saturated carbocycles. The molecule has 0 fully saturated rings. The number of nitrogens with two attached hydrogens (primary N) is 1. The van der Waals surface area contributed by atoms with Crippen molar-refractivity contribution in [3.05, 3.63) is 29.8 Å². The van der Waals surface area contributed by atoms with Gasteiger partial charge in [0.25, 0.3) is 0 Å². The highest BCUT2D eigenvalue weighted by Gasteiger charge is 2.08. The van der Waals surface area contributed by atoms with Crippen LogP contribution in [0.1, 0.15) is 5.56 Å². The fourth-order valence-corrected chi connectivity index (χ4v) is 1.19. The lowest BCUT2D eigenvalue weighted by Gasteiger charge is -2.09. The van der Waals surface area contributed by atoms with Crippen molar-refractivity contribution in [3.63, 3.8) is 0 Å². The van der Waals surface area contributed by atoms with E-state index in [1.807, 2.05) is 0 Å². The maximum absolute atomic E-state index is 11.3. The molecule has 0 saturated heterocycles. The lowest BCUT2D eigenvalue weighted by atomic mass is 10.1. The molecule has 1 aromatic rings. The van der Waals surface area contributed by atoms with E-state index < -0.39 is 0 Å². The lowest BCUT2D eigenvalue weighted by Crippen LogP contribution is -2.21. The topological polar surface area (TPSA) is 96.9 Å². The third-order valence-corrected chi connectivity index (χ3v) is 1.86. The minimum absolute atomic E-state index is 0.0511. The van der Waals surface area contributed by atoms with Crippen molar-refractivity contribution >= 4 is 17.4 Å². The molecule has 0 aliphatic rings. The van der Waals surface area contributed by atoms with Crippen LogP contribution in [-0.4, -0.2) is 30.7 Å². The summed E-state index contributed by atoms with van der Waals surface area (Å²) in [5.74, 6) is -0.367. The second-order valence-corrected chi connectivity index (χ2v) is 3.01. The standard InChI is InChI=1S/C10H13N3O3/c1-16-6-9(14)12-8-5-3-2-4-7(8)10(11)13-15/h2-5,15H,6H2,1H3,(H2,11,13)(H,12,14). The number of amides is 1. The van der Waals surface area contributed by atoms with E-state index in [0.717, 1.165) is 0 Å². The number of hydrogen-bond donors (Lipinski definition) is 3. The van der Waals surface area contributed by atoms with Gasteiger partial charge in [-0.1, -0.05) is 17.3 Å². The van der Waals surface area contributed by atoms with Crippen LogP contribution >= 0.6 is 0 Å². The van der Waals surface area contributed by atoms with Crippen LogP contribution in [0.2, 0.25) is 0 Å². The van der Waals surface area contributed by atoms with Crippen LogP contribution in [-0.2, 0) is 9.53 Å². The average Bonchev–Trinajstić information content (AvgIpc) is 2.29. The van der Waals surface area contributed by atoms with Crippen LogP contribution in [0.15, 0.2) is 29.4 Å². The predicted molar refractivity (Wildman–Crippen MR) is 59.5 cm³/mol. The maximum Gasteiger partial charge on any atom is 0.250 e. The Morgan fingerprint density at radius 3 is 2.88 bits per heavy atom. The van der Waals surface area contributed by atoms with Crippen molar-refractivity contribution in [3.8, 4) is 0 Å². The Bertz CT molecular complexity index is 404. The van der Waals surface area contributed by atoms with E-state index >= 15 is 0 Å². The molecule has 0 aromatic heterocycles. The Labute approximate surface area is 92.7 Å². The van der Waals surface area contributed by atoms with Crippen LogP contribution in [0.4, 0.5) is 5.69 Å². The molecule has 0 spiro atoms. The van der Waals surface area contributed by atoms with E-state index in [1.54, 1.807) is 24.3 Å². The molecule has 0 aliphatic heterocycles. The number of nitrogens with one attached hydrogen (secondary N) is 1. The number of nitrogens with zero attached hydrogens (tertiary/aromatic N) is 1. The number of amidine groups is 1. The van der Waals surface area contributed by atoms with Gasteiger partial charge in [-0.25, -0.2) is 0 Å². The van der Waals surface area contributed by atoms with Crippen molar-refractivity contribution in [2.24, 2.45) is 10.9 Å². The van der Waals surface area contributed by atoms with Crippen LogP contribution in [0.25, 0.3) is 0 Å². The summed E-state index contributed by atoms with van der Waals surface area (Å²) >= 11 is 0. The molecule has 6 nitrogen and oxygen atoms in total. The SMILES string of the molecule is COCC(=O)Nc1ccccc1C(N)=NO. The number of benzene rings is 1. The van der Waals surface area contributed by atoms with E-state index in [1.165, 1.54) is 7.11 Å². The Morgan fingerprint density at radius 2 is 2.25 bits per heavy atom. The highest BCUT2D eigenvalue weighted by atomic mass is 16.5. The van der Waals surface area contributed by atoms with Crippen molar-refractivity contribution in [1.29, 1.82) is 0 Å². The maximum atomic E-state index is 11.3. The summed E-state index contributed by atoms with van der Waals surface area (Å²) in [4.78, 5) is 11.3. The molecule has 4 N–H and O–H groups in total. The van der Waals surface area contributed by atoms with Crippen molar-refractivity contribution in [2.45, 2.75) is 0 Å². The Kier molecular flexibility index (Phi) is 4.28. The summed E-state index contributed by atoms with van der Waals surface area (Å²) in [5.41, 5.74) is 6.39. The van der Waals surface area contributed by atoms with Crippen LogP contribution < -0.4 is 11.1 Å². The summed E-state index contributed by atoms with van der Waals surface area (Å²) in [5, 5.41) is 14.1. The van der Waals surface area contributed by atoms with E-state index in [-0.39, 0.29) is 18.3 Å². The first-order valence-corrected chi connectivity index (χ1v) is 4.54. The van der Waals surface area contributed by atoms with Gasteiger partial charge in [0.1, 0.15) is 6.61 Å². The van der Waals surface area contributed by atoms with E-state index in [4.69, 9.17) is 10.9 Å². The van der Waals surface area contributed by atoms with Gasteiger partial charge in [-0.3, -0.25) is 4.79 Å². The van der Waals surface area contributed by atoms with Gasteiger partial charge in [0.05, 0.1) is 5.69 Å². The smallest absolute Gasteiger partial charge is 0.250 e. The molecule has 1 amide bonds. The number of hydrogen-bond acceptors (Lipinski definition) is 4. The number of anilines is 1. The quantitative estimate of drug-likeness (QED) is 0.297. The molecule has 0 bridgehead atoms. The molecule has 0 aliphatic carbocycles. The number of rotatable bonds is 4. The summed E-state index contributed by atoms with van der Waals surface area (Å²) in [6.07, 6.45) is 0. The number of carbonyl (C=O) groups is 1. The van der Waals surface area contributed by atoms with Gasteiger partial charge in [0.2, 0.25) is 5.91 Å². The van der Waals surface area contributed by atoms with Crippen molar-refractivity contribution in [2.75, 3.05) is 19.0 Å². The van der Waals surface area contributed by atoms with Crippen LogP contribution in [0.5, 0.6) is 0 Å². The molecule has 6 heteroatoms. The van der Waals surface area contributed by atoms with Gasteiger partial charge >= 0.3 is 0 Å². The number of methoxy groups -OCH3 is 1. The monoisotopic (exact) mass is 223 g/mol. The van der Waals surface area contributed by atoms with Crippen LogP contribution in [0.3, 0.4) is 0 Å². The van der Waals surface area contributed by atoms with E-state index in [0.29, 0.717) is 11.3 Å². The zero-order chi connectivity index (χ0) is 12.0. The molecule has 0 heterocycles. The Balaban J connectivity index is 2.91. The molecular weight excluding hydrogens is 210 g/mol. The Hall–Kier alpha value is -2.08. The number of oxime groups is 1. The van der Waals surface area contributed by atoms with E-state index in [9.17, 15) is 4.79 Å². The fourth-order valence-electron chi connectivity index (χ4n) is 1.19.